The van der Waals surface area contributed by atoms with Crippen molar-refractivity contribution < 1.29 is 31.4 Å². The first-order chi connectivity index (χ1) is 16.5. The van der Waals surface area contributed by atoms with Crippen molar-refractivity contribution in [2.45, 2.75) is 24.6 Å². The second-order valence-electron chi connectivity index (χ2n) is 7.86. The molecule has 35 heavy (non-hydrogen) atoms. The molecule has 0 bridgehead atoms. The fraction of sp³-hybridized carbons (Fsp3) is 0.240. The maximum Gasteiger partial charge on any atom is 0.459 e. The molecule has 184 valence electrons. The molecule has 3 aromatic carbocycles. The number of alkyl halides is 5. The highest BCUT2D eigenvalue weighted by atomic mass is 35.5. The van der Waals surface area contributed by atoms with E-state index in [-0.39, 0.29) is 10.7 Å². The van der Waals surface area contributed by atoms with E-state index in [0.717, 1.165) is 5.01 Å². The number of benzene rings is 3. The highest BCUT2D eigenvalue weighted by Crippen LogP contribution is 2.46. The molecule has 4 rings (SSSR count). The van der Waals surface area contributed by atoms with Crippen molar-refractivity contribution >= 4 is 23.0 Å². The summed E-state index contributed by atoms with van der Waals surface area (Å²) in [5.41, 5.74) is 0.840. The molecular formula is C25H20ClF5N2O2. The third-order valence-corrected chi connectivity index (χ3v) is 6.00. The van der Waals surface area contributed by atoms with Gasteiger partial charge < -0.3 is 9.47 Å². The smallest absolute Gasteiger partial charge is 0.459 e. The molecule has 1 heterocycles. The van der Waals surface area contributed by atoms with Crippen LogP contribution in [-0.4, -0.2) is 32.0 Å². The van der Waals surface area contributed by atoms with E-state index < -0.39 is 30.3 Å². The Labute approximate surface area is 203 Å². The van der Waals surface area contributed by atoms with Crippen molar-refractivity contribution in [3.8, 4) is 22.6 Å². The van der Waals surface area contributed by atoms with Crippen LogP contribution in [-0.2, 0) is 0 Å². The number of ether oxygens (including phenoxy) is 2. The molecule has 1 aliphatic heterocycles. The summed E-state index contributed by atoms with van der Waals surface area (Å²) in [6.45, 7) is 0. The molecule has 10 heteroatoms. The van der Waals surface area contributed by atoms with Crippen LogP contribution in [0.3, 0.4) is 0 Å². The van der Waals surface area contributed by atoms with Gasteiger partial charge in [-0.1, -0.05) is 41.9 Å². The Bertz CT molecular complexity index is 1240. The lowest BCUT2D eigenvalue weighted by molar-refractivity contribution is -0.249. The summed E-state index contributed by atoms with van der Waals surface area (Å²) in [6.07, 6.45) is -6.41. The van der Waals surface area contributed by atoms with Crippen LogP contribution in [0, 0.1) is 0 Å². The van der Waals surface area contributed by atoms with Crippen molar-refractivity contribution in [1.82, 2.24) is 0 Å². The van der Waals surface area contributed by atoms with Crippen LogP contribution in [0.25, 0.3) is 11.1 Å². The summed E-state index contributed by atoms with van der Waals surface area (Å²) < 4.78 is 78.6. The van der Waals surface area contributed by atoms with Gasteiger partial charge in [-0.05, 0) is 47.0 Å². The van der Waals surface area contributed by atoms with E-state index in [4.69, 9.17) is 21.1 Å². The molecule has 1 atom stereocenters. The van der Waals surface area contributed by atoms with Gasteiger partial charge in [0.25, 0.3) is 0 Å². The number of halogens is 6. The number of anilines is 1. The lowest BCUT2D eigenvalue weighted by atomic mass is 9.95. The van der Waals surface area contributed by atoms with E-state index in [1.54, 1.807) is 54.6 Å². The van der Waals surface area contributed by atoms with Crippen LogP contribution in [0.15, 0.2) is 71.8 Å². The van der Waals surface area contributed by atoms with E-state index in [9.17, 15) is 22.0 Å². The van der Waals surface area contributed by atoms with Crippen LogP contribution in [0.1, 0.15) is 18.0 Å². The fourth-order valence-corrected chi connectivity index (χ4v) is 4.11. The molecule has 1 unspecified atom stereocenters. The van der Waals surface area contributed by atoms with Gasteiger partial charge in [0.15, 0.2) is 0 Å². The van der Waals surface area contributed by atoms with Crippen molar-refractivity contribution in [2.75, 3.05) is 19.2 Å². The molecule has 0 fully saturated rings. The van der Waals surface area contributed by atoms with E-state index in [2.05, 4.69) is 5.10 Å². The van der Waals surface area contributed by atoms with Crippen LogP contribution >= 0.6 is 11.6 Å². The van der Waals surface area contributed by atoms with Crippen molar-refractivity contribution in [3.63, 3.8) is 0 Å². The normalized spacial score (nSPS) is 16.3. The SMILES string of the molecule is COc1cc(OC)cc(-c2cccc(C3CC(C(F)(F)C(F)(F)F)=NN3c3ccccc3Cl)c2)c1. The largest absolute Gasteiger partial charge is 0.497 e. The van der Waals surface area contributed by atoms with Gasteiger partial charge in [-0.25, -0.2) is 0 Å². The number of para-hydroxylation sites is 1. The number of methoxy groups -OCH3 is 2. The molecule has 0 aliphatic carbocycles. The van der Waals surface area contributed by atoms with E-state index >= 15 is 0 Å². The lowest BCUT2D eigenvalue weighted by Crippen LogP contribution is -2.43. The minimum absolute atomic E-state index is 0.173. The minimum Gasteiger partial charge on any atom is -0.497 e. The number of nitrogens with zero attached hydrogens (tertiary/aromatic N) is 2. The van der Waals surface area contributed by atoms with Gasteiger partial charge in [0.1, 0.15) is 17.2 Å². The van der Waals surface area contributed by atoms with Crippen molar-refractivity contribution in [2.24, 2.45) is 5.10 Å². The van der Waals surface area contributed by atoms with Crippen LogP contribution in [0.2, 0.25) is 5.02 Å². The van der Waals surface area contributed by atoms with Gasteiger partial charge in [-0.3, -0.25) is 5.01 Å². The highest BCUT2D eigenvalue weighted by Gasteiger charge is 2.62. The third-order valence-electron chi connectivity index (χ3n) is 5.68. The Morgan fingerprint density at radius 2 is 1.51 bits per heavy atom. The van der Waals surface area contributed by atoms with E-state index in [0.29, 0.717) is 28.2 Å². The quantitative estimate of drug-likeness (QED) is 0.321. The molecule has 1 aliphatic rings. The zero-order chi connectivity index (χ0) is 25.4. The minimum atomic E-state index is -5.77. The van der Waals surface area contributed by atoms with Crippen LogP contribution < -0.4 is 14.5 Å². The molecule has 0 saturated carbocycles. The van der Waals surface area contributed by atoms with Crippen LogP contribution in [0.4, 0.5) is 27.6 Å². The zero-order valence-corrected chi connectivity index (χ0v) is 19.4. The van der Waals surface area contributed by atoms with Crippen molar-refractivity contribution in [1.29, 1.82) is 0 Å². The molecule has 0 spiro atoms. The number of rotatable bonds is 6. The van der Waals surface area contributed by atoms with Gasteiger partial charge in [-0.15, -0.1) is 0 Å². The predicted molar refractivity (Wildman–Crippen MR) is 125 cm³/mol. The maximum atomic E-state index is 14.3. The third kappa shape index (κ3) is 4.77. The zero-order valence-electron chi connectivity index (χ0n) is 18.6. The molecule has 0 aromatic heterocycles. The molecule has 0 N–H and O–H groups in total. The van der Waals surface area contributed by atoms with Gasteiger partial charge >= 0.3 is 12.1 Å². The molecule has 4 nitrogen and oxygen atoms in total. The van der Waals surface area contributed by atoms with Gasteiger partial charge in [0.2, 0.25) is 0 Å². The number of hydrogen-bond acceptors (Lipinski definition) is 4. The Morgan fingerprint density at radius 1 is 0.857 bits per heavy atom. The topological polar surface area (TPSA) is 34.1 Å². The van der Waals surface area contributed by atoms with E-state index in [1.165, 1.54) is 26.4 Å². The predicted octanol–water partition coefficient (Wildman–Crippen LogP) is 7.53. The summed E-state index contributed by atoms with van der Waals surface area (Å²) in [4.78, 5) is 0. The second-order valence-corrected chi connectivity index (χ2v) is 8.27. The lowest BCUT2D eigenvalue weighted by Gasteiger charge is -2.25. The fourth-order valence-electron chi connectivity index (χ4n) is 3.88. The Morgan fingerprint density at radius 3 is 2.11 bits per heavy atom. The summed E-state index contributed by atoms with van der Waals surface area (Å²) in [7, 11) is 3.02. The summed E-state index contributed by atoms with van der Waals surface area (Å²) in [5.74, 6) is -4.00. The highest BCUT2D eigenvalue weighted by molar-refractivity contribution is 6.33. The van der Waals surface area contributed by atoms with Crippen molar-refractivity contribution in [3.05, 3.63) is 77.3 Å². The number of hydrogen-bond donors (Lipinski definition) is 0. The molecule has 0 saturated heterocycles. The number of hydrazone groups is 1. The molecular weight excluding hydrogens is 491 g/mol. The Balaban J connectivity index is 1.79. The maximum absolute atomic E-state index is 14.3. The van der Waals surface area contributed by atoms with E-state index in [1.807, 2.05) is 0 Å². The average Bonchev–Trinajstić information content (AvgIpc) is 3.29. The monoisotopic (exact) mass is 510 g/mol. The molecule has 3 aromatic rings. The molecule has 0 amide bonds. The van der Waals surface area contributed by atoms with Gasteiger partial charge in [-0.2, -0.15) is 27.1 Å². The Hall–Kier alpha value is -3.33. The second kappa shape index (κ2) is 9.37. The first-order valence-corrected chi connectivity index (χ1v) is 10.8. The summed E-state index contributed by atoms with van der Waals surface area (Å²) in [6, 6.07) is 17.4. The molecule has 0 radical (unpaired) electrons. The van der Waals surface area contributed by atoms with Gasteiger partial charge in [0, 0.05) is 12.5 Å². The van der Waals surface area contributed by atoms with Crippen LogP contribution in [0.5, 0.6) is 11.5 Å². The standard InChI is InChI=1S/C25H20ClF5N2O2/c1-34-18-11-17(12-19(13-18)35-2)15-6-5-7-16(10-15)22-14-23(24(27,28)25(29,30)31)32-33(22)21-9-4-3-8-20(21)26/h3-13,22H,14H2,1-2H3. The Kier molecular flexibility index (Phi) is 6.64. The summed E-state index contributed by atoms with van der Waals surface area (Å²) >= 11 is 6.25. The summed E-state index contributed by atoms with van der Waals surface area (Å²) in [5, 5.41) is 5.03. The first-order valence-electron chi connectivity index (χ1n) is 10.4. The average molecular weight is 511 g/mol. The van der Waals surface area contributed by atoms with Gasteiger partial charge in [0.05, 0.1) is 31.0 Å². The first kappa shape index (κ1) is 24.8.